The third kappa shape index (κ3) is 2.43. The summed E-state index contributed by atoms with van der Waals surface area (Å²) in [5, 5.41) is 2.74. The SMILES string of the molecule is C[C@@H](C(=O)Nc1ccccc1)N1C(=O)[C@H]2CC=CC[C@@H]2C1=O. The lowest BCUT2D eigenvalue weighted by Gasteiger charge is -2.22. The third-order valence-corrected chi connectivity index (χ3v) is 4.35. The maximum Gasteiger partial charge on any atom is 0.247 e. The molecule has 3 rings (SSSR count). The summed E-state index contributed by atoms with van der Waals surface area (Å²) in [6.45, 7) is 1.60. The predicted molar refractivity (Wildman–Crippen MR) is 81.7 cm³/mol. The number of rotatable bonds is 3. The fourth-order valence-electron chi connectivity index (χ4n) is 3.09. The van der Waals surface area contributed by atoms with Gasteiger partial charge in [0.05, 0.1) is 11.8 Å². The molecule has 1 saturated heterocycles. The highest BCUT2D eigenvalue weighted by Crippen LogP contribution is 2.36. The van der Waals surface area contributed by atoms with Crippen LogP contribution in [0.5, 0.6) is 0 Å². The zero-order chi connectivity index (χ0) is 15.7. The minimum absolute atomic E-state index is 0.227. The van der Waals surface area contributed by atoms with Crippen LogP contribution in [0.15, 0.2) is 42.5 Å². The Morgan fingerprint density at radius 3 is 2.18 bits per heavy atom. The van der Waals surface area contributed by atoms with E-state index in [2.05, 4.69) is 5.32 Å². The van der Waals surface area contributed by atoms with Crippen molar-refractivity contribution in [3.8, 4) is 0 Å². The molecule has 3 amide bonds. The van der Waals surface area contributed by atoms with Gasteiger partial charge < -0.3 is 5.32 Å². The van der Waals surface area contributed by atoms with Gasteiger partial charge in [0.1, 0.15) is 6.04 Å². The Bertz CT molecular complexity index is 613. The van der Waals surface area contributed by atoms with Crippen LogP contribution in [0.1, 0.15) is 19.8 Å². The number of likely N-dealkylation sites (tertiary alicyclic amines) is 1. The Hall–Kier alpha value is -2.43. The quantitative estimate of drug-likeness (QED) is 0.685. The molecular weight excluding hydrogens is 280 g/mol. The molecule has 0 spiro atoms. The van der Waals surface area contributed by atoms with Crippen molar-refractivity contribution in [1.82, 2.24) is 4.90 Å². The van der Waals surface area contributed by atoms with E-state index >= 15 is 0 Å². The number of anilines is 1. The van der Waals surface area contributed by atoms with Crippen LogP contribution in [-0.4, -0.2) is 28.7 Å². The van der Waals surface area contributed by atoms with Gasteiger partial charge in [-0.3, -0.25) is 19.3 Å². The number of carbonyl (C=O) groups is 3. The molecule has 1 aliphatic carbocycles. The Balaban J connectivity index is 1.74. The highest BCUT2D eigenvalue weighted by Gasteiger charge is 2.50. The largest absolute Gasteiger partial charge is 0.324 e. The molecule has 0 unspecified atom stereocenters. The fourth-order valence-corrected chi connectivity index (χ4v) is 3.09. The van der Waals surface area contributed by atoms with Gasteiger partial charge in [-0.25, -0.2) is 0 Å². The summed E-state index contributed by atoms with van der Waals surface area (Å²) in [5.41, 5.74) is 0.650. The van der Waals surface area contributed by atoms with E-state index in [9.17, 15) is 14.4 Å². The summed E-state index contributed by atoms with van der Waals surface area (Å²) in [5.74, 6) is -1.40. The molecule has 1 heterocycles. The zero-order valence-corrected chi connectivity index (χ0v) is 12.4. The summed E-state index contributed by atoms with van der Waals surface area (Å²) in [6, 6.07) is 8.21. The second kappa shape index (κ2) is 5.75. The number of nitrogens with one attached hydrogen (secondary N) is 1. The number of amides is 3. The molecule has 5 heteroatoms. The number of carbonyl (C=O) groups excluding carboxylic acids is 3. The maximum absolute atomic E-state index is 12.4. The summed E-state index contributed by atoms with van der Waals surface area (Å²) in [7, 11) is 0. The van der Waals surface area contributed by atoms with Crippen LogP contribution in [0.3, 0.4) is 0 Å². The van der Waals surface area contributed by atoms with Crippen molar-refractivity contribution in [2.24, 2.45) is 11.8 Å². The van der Waals surface area contributed by atoms with Crippen molar-refractivity contribution in [3.63, 3.8) is 0 Å². The van der Waals surface area contributed by atoms with Crippen molar-refractivity contribution < 1.29 is 14.4 Å². The molecule has 22 heavy (non-hydrogen) atoms. The van der Waals surface area contributed by atoms with E-state index in [0.29, 0.717) is 18.5 Å². The molecule has 0 aromatic heterocycles. The molecule has 0 bridgehead atoms. The molecule has 2 aliphatic rings. The molecule has 5 nitrogen and oxygen atoms in total. The second-order valence-corrected chi connectivity index (χ2v) is 5.73. The first kappa shape index (κ1) is 14.5. The highest BCUT2D eigenvalue weighted by molar-refractivity contribution is 6.10. The molecule has 1 fully saturated rings. The van der Waals surface area contributed by atoms with Crippen LogP contribution in [0.2, 0.25) is 0 Å². The van der Waals surface area contributed by atoms with Crippen LogP contribution in [-0.2, 0) is 14.4 Å². The molecule has 1 aromatic carbocycles. The van der Waals surface area contributed by atoms with Gasteiger partial charge in [-0.05, 0) is 31.9 Å². The van der Waals surface area contributed by atoms with E-state index in [-0.39, 0.29) is 29.6 Å². The summed E-state index contributed by atoms with van der Waals surface area (Å²) < 4.78 is 0. The average molecular weight is 298 g/mol. The Morgan fingerprint density at radius 1 is 1.09 bits per heavy atom. The number of hydrogen-bond acceptors (Lipinski definition) is 3. The molecule has 1 N–H and O–H groups in total. The van der Waals surface area contributed by atoms with Crippen LogP contribution < -0.4 is 5.32 Å². The number of hydrogen-bond donors (Lipinski definition) is 1. The molecule has 1 aromatic rings. The second-order valence-electron chi connectivity index (χ2n) is 5.73. The van der Waals surface area contributed by atoms with Gasteiger partial charge >= 0.3 is 0 Å². The van der Waals surface area contributed by atoms with Crippen molar-refractivity contribution in [2.75, 3.05) is 5.32 Å². The van der Waals surface area contributed by atoms with Crippen molar-refractivity contribution in [1.29, 1.82) is 0 Å². The van der Waals surface area contributed by atoms with Crippen molar-refractivity contribution in [2.45, 2.75) is 25.8 Å². The van der Waals surface area contributed by atoms with Crippen LogP contribution in [0.25, 0.3) is 0 Å². The summed E-state index contributed by atoms with van der Waals surface area (Å²) in [4.78, 5) is 38.3. The number of allylic oxidation sites excluding steroid dienone is 2. The van der Waals surface area contributed by atoms with E-state index in [1.54, 1.807) is 19.1 Å². The lowest BCUT2D eigenvalue weighted by molar-refractivity contribution is -0.146. The number of imide groups is 1. The van der Waals surface area contributed by atoms with Gasteiger partial charge in [0, 0.05) is 5.69 Å². The van der Waals surface area contributed by atoms with Gasteiger partial charge in [0.2, 0.25) is 17.7 Å². The molecule has 114 valence electrons. The number of nitrogens with zero attached hydrogens (tertiary/aromatic N) is 1. The van der Waals surface area contributed by atoms with Crippen LogP contribution in [0.4, 0.5) is 5.69 Å². The number of para-hydroxylation sites is 1. The number of benzene rings is 1. The lowest BCUT2D eigenvalue weighted by Crippen LogP contribution is -2.46. The van der Waals surface area contributed by atoms with E-state index in [4.69, 9.17) is 0 Å². The molecule has 3 atom stereocenters. The standard InChI is InChI=1S/C17H18N2O3/c1-11(15(20)18-12-7-3-2-4-8-12)19-16(21)13-9-5-6-10-14(13)17(19)22/h2-8,11,13-14H,9-10H2,1H3,(H,18,20)/t11-,13-,14-/m0/s1. The zero-order valence-electron chi connectivity index (χ0n) is 12.4. The van der Waals surface area contributed by atoms with Crippen LogP contribution in [0, 0.1) is 11.8 Å². The Kier molecular flexibility index (Phi) is 3.79. The van der Waals surface area contributed by atoms with Gasteiger partial charge in [-0.1, -0.05) is 30.4 Å². The van der Waals surface area contributed by atoms with Crippen molar-refractivity contribution >= 4 is 23.4 Å². The monoisotopic (exact) mass is 298 g/mol. The van der Waals surface area contributed by atoms with E-state index in [0.717, 1.165) is 4.90 Å². The smallest absolute Gasteiger partial charge is 0.247 e. The van der Waals surface area contributed by atoms with Gasteiger partial charge in [-0.15, -0.1) is 0 Å². The number of fused-ring (bicyclic) bond motifs is 1. The first-order chi connectivity index (χ1) is 10.6. The summed E-state index contributed by atoms with van der Waals surface area (Å²) in [6.07, 6.45) is 5.03. The molecule has 0 radical (unpaired) electrons. The van der Waals surface area contributed by atoms with Crippen molar-refractivity contribution in [3.05, 3.63) is 42.5 Å². The average Bonchev–Trinajstić information content (AvgIpc) is 2.79. The van der Waals surface area contributed by atoms with Gasteiger partial charge in [0.25, 0.3) is 0 Å². The van der Waals surface area contributed by atoms with Gasteiger partial charge in [0.15, 0.2) is 0 Å². The van der Waals surface area contributed by atoms with E-state index in [1.807, 2.05) is 30.4 Å². The Morgan fingerprint density at radius 2 is 1.64 bits per heavy atom. The topological polar surface area (TPSA) is 66.5 Å². The van der Waals surface area contributed by atoms with E-state index < -0.39 is 6.04 Å². The first-order valence-electron chi connectivity index (χ1n) is 7.47. The maximum atomic E-state index is 12.4. The highest BCUT2D eigenvalue weighted by atomic mass is 16.2. The Labute approximate surface area is 129 Å². The van der Waals surface area contributed by atoms with Crippen LogP contribution >= 0.6 is 0 Å². The minimum Gasteiger partial charge on any atom is -0.324 e. The molecule has 0 saturated carbocycles. The third-order valence-electron chi connectivity index (χ3n) is 4.35. The van der Waals surface area contributed by atoms with E-state index in [1.165, 1.54) is 0 Å². The predicted octanol–water partition coefficient (Wildman–Crippen LogP) is 1.96. The normalized spacial score (nSPS) is 25.0. The summed E-state index contributed by atoms with van der Waals surface area (Å²) >= 11 is 0. The minimum atomic E-state index is -0.800. The fraction of sp³-hybridized carbons (Fsp3) is 0.353. The molecule has 1 aliphatic heterocycles. The van der Waals surface area contributed by atoms with Gasteiger partial charge in [-0.2, -0.15) is 0 Å². The lowest BCUT2D eigenvalue weighted by atomic mass is 9.85. The first-order valence-corrected chi connectivity index (χ1v) is 7.47. The molecular formula is C17H18N2O3.